The molecule has 0 aliphatic heterocycles. The lowest BCUT2D eigenvalue weighted by Gasteiger charge is -2.11. The molecule has 26 heavy (non-hydrogen) atoms. The summed E-state index contributed by atoms with van der Waals surface area (Å²) in [6.07, 6.45) is 5.44. The van der Waals surface area contributed by atoms with E-state index in [1.165, 1.54) is 19.2 Å². The average molecular weight is 433 g/mol. The number of anilines is 1. The zero-order chi connectivity index (χ0) is 19.9. The van der Waals surface area contributed by atoms with E-state index < -0.39 is 11.7 Å². The number of ether oxygens (including phenoxy) is 1. The summed E-state index contributed by atoms with van der Waals surface area (Å²) in [6.45, 7) is 0.375. The highest BCUT2D eigenvalue weighted by molar-refractivity contribution is 9.10. The summed E-state index contributed by atoms with van der Waals surface area (Å²) in [5.74, 6) is -1.27. The molecule has 3 N–H and O–H groups in total. The predicted molar refractivity (Wildman–Crippen MR) is 98.9 cm³/mol. The van der Waals surface area contributed by atoms with Crippen LogP contribution in [0.25, 0.3) is 0 Å². The number of hydrogen-bond donors (Lipinski definition) is 3. The normalized spacial score (nSPS) is 14.1. The number of methoxy groups -OCH3 is 1. The highest BCUT2D eigenvalue weighted by Gasteiger charge is 2.15. The summed E-state index contributed by atoms with van der Waals surface area (Å²) in [6, 6.07) is 4.06. The van der Waals surface area contributed by atoms with Crippen LogP contribution in [0.15, 0.2) is 34.8 Å². The Labute approximate surface area is 159 Å². The summed E-state index contributed by atoms with van der Waals surface area (Å²) in [7, 11) is 2.31. The van der Waals surface area contributed by atoms with Gasteiger partial charge in [0.2, 0.25) is 11.8 Å². The molecule has 2 amide bonds. The Hall–Kier alpha value is -2.26. The Bertz CT molecular complexity index is 605. The molecule has 1 aliphatic rings. The monoisotopic (exact) mass is 432 g/mol. The molecule has 144 valence electrons. The van der Waals surface area contributed by atoms with Crippen molar-refractivity contribution in [1.82, 2.24) is 5.32 Å². The van der Waals surface area contributed by atoms with Crippen molar-refractivity contribution in [2.24, 2.45) is 0 Å². The second-order valence-corrected chi connectivity index (χ2v) is 5.81. The third-order valence-corrected chi connectivity index (χ3v) is 3.38. The summed E-state index contributed by atoms with van der Waals surface area (Å²) in [5, 5.41) is 12.2. The third-order valence-electron chi connectivity index (χ3n) is 2.92. The van der Waals surface area contributed by atoms with Gasteiger partial charge in [-0.3, -0.25) is 14.4 Å². The van der Waals surface area contributed by atoms with Gasteiger partial charge in [-0.25, -0.2) is 4.39 Å². The third kappa shape index (κ3) is 10.6. The van der Waals surface area contributed by atoms with E-state index in [0.29, 0.717) is 16.6 Å². The van der Waals surface area contributed by atoms with Crippen LogP contribution in [-0.4, -0.2) is 43.7 Å². The summed E-state index contributed by atoms with van der Waals surface area (Å²) in [4.78, 5) is 32.3. The number of aliphatic hydroxyl groups excluding tert-OH is 1. The van der Waals surface area contributed by atoms with Crippen LogP contribution in [0.2, 0.25) is 0 Å². The average Bonchev–Trinajstić information content (AvgIpc) is 3.08. The van der Waals surface area contributed by atoms with Crippen LogP contribution >= 0.6 is 15.9 Å². The first-order chi connectivity index (χ1) is 12.4. The van der Waals surface area contributed by atoms with E-state index in [2.05, 4.69) is 31.3 Å². The first-order valence-electron chi connectivity index (χ1n) is 7.57. The van der Waals surface area contributed by atoms with Crippen molar-refractivity contribution in [3.05, 3.63) is 40.6 Å². The molecule has 9 heteroatoms. The van der Waals surface area contributed by atoms with Gasteiger partial charge in [0, 0.05) is 23.3 Å². The molecule has 2 rings (SSSR count). The van der Waals surface area contributed by atoms with Gasteiger partial charge in [-0.15, -0.1) is 0 Å². The molecule has 1 aromatic rings. The van der Waals surface area contributed by atoms with Crippen molar-refractivity contribution in [3.8, 4) is 0 Å². The lowest BCUT2D eigenvalue weighted by molar-refractivity contribution is -0.127. The maximum absolute atomic E-state index is 13.1. The molecule has 0 saturated carbocycles. The number of hydrogen-bond acceptors (Lipinski definition) is 5. The largest absolute Gasteiger partial charge is 0.471 e. The standard InChI is InChI=1S/C14H14BrFN2O2.C2H4O2.CH4O/c15-9-5-10(16)7-12(6-9)18-14(20)8-13(19)17-11-3-1-2-4-11;1-4-2-3;1-2/h1,3,5-7,11H,2,4,8H2,(H,17,19)(H,18,20);2H,1H3;2H,1H3. The molecular formula is C17H22BrFN2O5. The molecule has 0 radical (unpaired) electrons. The molecule has 7 nitrogen and oxygen atoms in total. The Morgan fingerprint density at radius 3 is 2.50 bits per heavy atom. The second-order valence-electron chi connectivity index (χ2n) is 4.89. The van der Waals surface area contributed by atoms with Gasteiger partial charge >= 0.3 is 0 Å². The number of carbonyl (C=O) groups excluding carboxylic acids is 3. The van der Waals surface area contributed by atoms with Crippen molar-refractivity contribution in [2.75, 3.05) is 19.5 Å². The number of carbonyl (C=O) groups is 3. The number of benzene rings is 1. The van der Waals surface area contributed by atoms with E-state index in [4.69, 9.17) is 9.90 Å². The summed E-state index contributed by atoms with van der Waals surface area (Å²) in [5.41, 5.74) is 0.315. The van der Waals surface area contributed by atoms with Gasteiger partial charge in [0.25, 0.3) is 6.47 Å². The first kappa shape index (κ1) is 23.7. The highest BCUT2D eigenvalue weighted by atomic mass is 79.9. The summed E-state index contributed by atoms with van der Waals surface area (Å²) < 4.78 is 17.5. The second kappa shape index (κ2) is 14.0. The van der Waals surface area contributed by atoms with Gasteiger partial charge < -0.3 is 20.5 Å². The fourth-order valence-corrected chi connectivity index (χ4v) is 2.45. The number of aliphatic hydroxyl groups is 1. The SMILES string of the molecule is CO.COC=O.O=C(CC(=O)NC1C=CCC1)Nc1cc(F)cc(Br)c1. The van der Waals surface area contributed by atoms with Crippen molar-refractivity contribution >= 4 is 39.9 Å². The zero-order valence-corrected chi connectivity index (χ0v) is 16.1. The molecule has 0 spiro atoms. The van der Waals surface area contributed by atoms with Crippen LogP contribution in [0.4, 0.5) is 10.1 Å². The Morgan fingerprint density at radius 1 is 1.35 bits per heavy atom. The lowest BCUT2D eigenvalue weighted by atomic mass is 10.2. The number of amides is 2. The Morgan fingerprint density at radius 2 is 2.00 bits per heavy atom. The van der Waals surface area contributed by atoms with Crippen molar-refractivity contribution in [3.63, 3.8) is 0 Å². The van der Waals surface area contributed by atoms with Crippen molar-refractivity contribution in [1.29, 1.82) is 0 Å². The minimum atomic E-state index is -0.470. The number of rotatable bonds is 5. The number of nitrogens with one attached hydrogen (secondary N) is 2. The van der Waals surface area contributed by atoms with Crippen LogP contribution in [0.1, 0.15) is 19.3 Å². The van der Waals surface area contributed by atoms with Crippen molar-refractivity contribution in [2.45, 2.75) is 25.3 Å². The van der Waals surface area contributed by atoms with Crippen LogP contribution < -0.4 is 10.6 Å². The predicted octanol–water partition coefficient (Wildman–Crippen LogP) is 2.15. The van der Waals surface area contributed by atoms with E-state index in [9.17, 15) is 14.0 Å². The van der Waals surface area contributed by atoms with Crippen LogP contribution in [-0.2, 0) is 19.1 Å². The molecule has 0 fully saturated rings. The molecule has 1 aromatic carbocycles. The van der Waals surface area contributed by atoms with E-state index in [0.717, 1.165) is 20.0 Å². The first-order valence-corrected chi connectivity index (χ1v) is 8.37. The van der Waals surface area contributed by atoms with Gasteiger partial charge in [0.15, 0.2) is 0 Å². The summed E-state index contributed by atoms with van der Waals surface area (Å²) >= 11 is 3.13. The van der Waals surface area contributed by atoms with E-state index in [1.807, 2.05) is 12.2 Å². The van der Waals surface area contributed by atoms with Gasteiger partial charge in [-0.1, -0.05) is 28.1 Å². The quantitative estimate of drug-likeness (QED) is 0.375. The topological polar surface area (TPSA) is 105 Å². The Kier molecular flexibility index (Phi) is 12.8. The molecule has 1 unspecified atom stereocenters. The van der Waals surface area contributed by atoms with Gasteiger partial charge in [0.05, 0.1) is 7.11 Å². The fraction of sp³-hybridized carbons (Fsp3) is 0.353. The Balaban J connectivity index is 0.000000920. The van der Waals surface area contributed by atoms with Gasteiger partial charge in [-0.2, -0.15) is 0 Å². The zero-order valence-electron chi connectivity index (χ0n) is 14.5. The maximum atomic E-state index is 13.1. The van der Waals surface area contributed by atoms with E-state index >= 15 is 0 Å². The molecular weight excluding hydrogens is 411 g/mol. The smallest absolute Gasteiger partial charge is 0.292 e. The molecule has 0 heterocycles. The van der Waals surface area contributed by atoms with Crippen molar-refractivity contribution < 1.29 is 28.6 Å². The van der Waals surface area contributed by atoms with Crippen LogP contribution in [0, 0.1) is 5.82 Å². The minimum Gasteiger partial charge on any atom is -0.471 e. The molecule has 0 bridgehead atoms. The lowest BCUT2D eigenvalue weighted by Crippen LogP contribution is -2.34. The van der Waals surface area contributed by atoms with Gasteiger partial charge in [-0.05, 0) is 31.0 Å². The van der Waals surface area contributed by atoms with Crippen LogP contribution in [0.5, 0.6) is 0 Å². The highest BCUT2D eigenvalue weighted by Crippen LogP contribution is 2.18. The van der Waals surface area contributed by atoms with E-state index in [-0.39, 0.29) is 18.4 Å². The van der Waals surface area contributed by atoms with E-state index in [1.54, 1.807) is 6.07 Å². The number of allylic oxidation sites excluding steroid dienone is 1. The van der Waals surface area contributed by atoms with Crippen LogP contribution in [0.3, 0.4) is 0 Å². The molecule has 0 aromatic heterocycles. The fourth-order valence-electron chi connectivity index (χ4n) is 1.99. The molecule has 1 atom stereocenters. The maximum Gasteiger partial charge on any atom is 0.292 e. The minimum absolute atomic E-state index is 0.0126. The van der Waals surface area contributed by atoms with Gasteiger partial charge in [0.1, 0.15) is 12.2 Å². The number of halogens is 2. The molecule has 1 aliphatic carbocycles. The molecule has 0 saturated heterocycles.